The summed E-state index contributed by atoms with van der Waals surface area (Å²) in [7, 11) is 0. The molecular formula is C18H27NO2. The number of nitrogens with one attached hydrogen (secondary N) is 1. The zero-order valence-electron chi connectivity index (χ0n) is 13.1. The van der Waals surface area contributed by atoms with Crippen LogP contribution in [0.4, 0.5) is 0 Å². The fraction of sp³-hybridized carbons (Fsp3) is 0.611. The first kappa shape index (κ1) is 16.0. The van der Waals surface area contributed by atoms with Gasteiger partial charge in [0.1, 0.15) is 0 Å². The summed E-state index contributed by atoms with van der Waals surface area (Å²) < 4.78 is 0. The lowest BCUT2D eigenvalue weighted by atomic mass is 9.87. The van der Waals surface area contributed by atoms with Crippen molar-refractivity contribution in [3.05, 3.63) is 35.4 Å². The Morgan fingerprint density at radius 2 is 2.05 bits per heavy atom. The van der Waals surface area contributed by atoms with Crippen LogP contribution in [0, 0.1) is 18.8 Å². The Balaban J connectivity index is 1.75. The molecule has 1 aromatic carbocycles. The van der Waals surface area contributed by atoms with Crippen LogP contribution in [0.3, 0.4) is 0 Å². The SMILES string of the molecule is Cc1ccc(CC(C)C(=O)NCC2CCCC(O)C2)cc1. The summed E-state index contributed by atoms with van der Waals surface area (Å²) in [6.45, 7) is 4.75. The van der Waals surface area contributed by atoms with Crippen molar-refractivity contribution in [2.75, 3.05) is 6.54 Å². The molecule has 2 N–H and O–H groups in total. The standard InChI is InChI=1S/C18H27NO2/c1-13-6-8-15(9-7-13)10-14(2)18(21)19-12-16-4-3-5-17(20)11-16/h6-9,14,16-17,20H,3-5,10-12H2,1-2H3,(H,19,21). The largest absolute Gasteiger partial charge is 0.393 e. The lowest BCUT2D eigenvalue weighted by Crippen LogP contribution is -2.36. The molecule has 1 aliphatic carbocycles. The summed E-state index contributed by atoms with van der Waals surface area (Å²) in [6.07, 6.45) is 4.52. The molecule has 0 aliphatic heterocycles. The van der Waals surface area contributed by atoms with Gasteiger partial charge in [0.25, 0.3) is 0 Å². The third-order valence-electron chi connectivity index (χ3n) is 4.43. The normalized spacial score (nSPS) is 23.6. The molecule has 3 nitrogen and oxygen atoms in total. The molecule has 3 atom stereocenters. The van der Waals surface area contributed by atoms with Crippen molar-refractivity contribution in [1.82, 2.24) is 5.32 Å². The van der Waals surface area contributed by atoms with Gasteiger partial charge >= 0.3 is 0 Å². The first-order valence-corrected chi connectivity index (χ1v) is 8.06. The zero-order chi connectivity index (χ0) is 15.2. The van der Waals surface area contributed by atoms with Crippen molar-refractivity contribution in [3.63, 3.8) is 0 Å². The minimum atomic E-state index is -0.175. The number of rotatable bonds is 5. The molecule has 0 heterocycles. The molecule has 0 spiro atoms. The molecule has 21 heavy (non-hydrogen) atoms. The monoisotopic (exact) mass is 289 g/mol. The van der Waals surface area contributed by atoms with Gasteiger partial charge in [-0.3, -0.25) is 4.79 Å². The first-order valence-electron chi connectivity index (χ1n) is 8.06. The van der Waals surface area contributed by atoms with E-state index in [0.717, 1.165) is 32.1 Å². The highest BCUT2D eigenvalue weighted by Gasteiger charge is 2.21. The maximum atomic E-state index is 12.2. The van der Waals surface area contributed by atoms with Crippen molar-refractivity contribution >= 4 is 5.91 Å². The summed E-state index contributed by atoms with van der Waals surface area (Å²) in [6, 6.07) is 8.36. The van der Waals surface area contributed by atoms with Crippen LogP contribution in [0.2, 0.25) is 0 Å². The average Bonchev–Trinajstić information content (AvgIpc) is 2.47. The molecule has 1 saturated carbocycles. The van der Waals surface area contributed by atoms with E-state index in [-0.39, 0.29) is 17.9 Å². The van der Waals surface area contributed by atoms with Gasteiger partial charge in [0, 0.05) is 12.5 Å². The quantitative estimate of drug-likeness (QED) is 0.875. The van der Waals surface area contributed by atoms with Gasteiger partial charge in [-0.15, -0.1) is 0 Å². The molecule has 1 fully saturated rings. The predicted molar refractivity (Wildman–Crippen MR) is 85.0 cm³/mol. The van der Waals surface area contributed by atoms with Gasteiger partial charge < -0.3 is 10.4 Å². The first-order chi connectivity index (χ1) is 10.0. The van der Waals surface area contributed by atoms with Gasteiger partial charge in [-0.1, -0.05) is 43.2 Å². The number of carbonyl (C=O) groups is 1. The van der Waals surface area contributed by atoms with Crippen LogP contribution in [-0.2, 0) is 11.2 Å². The fourth-order valence-electron chi connectivity index (χ4n) is 3.04. The molecule has 0 radical (unpaired) electrons. The highest BCUT2D eigenvalue weighted by molar-refractivity contribution is 5.78. The van der Waals surface area contributed by atoms with E-state index in [0.29, 0.717) is 12.5 Å². The van der Waals surface area contributed by atoms with Gasteiger partial charge in [0.05, 0.1) is 6.10 Å². The summed E-state index contributed by atoms with van der Waals surface area (Å²) in [5, 5.41) is 12.7. The van der Waals surface area contributed by atoms with Gasteiger partial charge in [-0.25, -0.2) is 0 Å². The van der Waals surface area contributed by atoms with Crippen LogP contribution in [0.1, 0.15) is 43.7 Å². The summed E-state index contributed by atoms with van der Waals surface area (Å²) >= 11 is 0. The van der Waals surface area contributed by atoms with E-state index in [2.05, 4.69) is 36.5 Å². The molecule has 1 amide bonds. The maximum Gasteiger partial charge on any atom is 0.223 e. The van der Waals surface area contributed by atoms with Crippen molar-refractivity contribution in [2.45, 2.75) is 52.1 Å². The second kappa shape index (κ2) is 7.60. The van der Waals surface area contributed by atoms with Crippen LogP contribution in [0.25, 0.3) is 0 Å². The molecule has 1 aliphatic rings. The number of aliphatic hydroxyl groups excluding tert-OH is 1. The predicted octanol–water partition coefficient (Wildman–Crippen LogP) is 2.84. The molecule has 0 bridgehead atoms. The van der Waals surface area contributed by atoms with Gasteiger partial charge in [0.15, 0.2) is 0 Å². The highest BCUT2D eigenvalue weighted by Crippen LogP contribution is 2.23. The smallest absolute Gasteiger partial charge is 0.223 e. The summed E-state index contributed by atoms with van der Waals surface area (Å²) in [5.74, 6) is 0.543. The third kappa shape index (κ3) is 5.16. The minimum absolute atomic E-state index is 0.0128. The number of aliphatic hydroxyl groups is 1. The van der Waals surface area contributed by atoms with E-state index in [1.165, 1.54) is 11.1 Å². The molecule has 0 saturated heterocycles. The van der Waals surface area contributed by atoms with E-state index < -0.39 is 0 Å². The lowest BCUT2D eigenvalue weighted by Gasteiger charge is -2.26. The number of aryl methyl sites for hydroxylation is 1. The Kier molecular flexibility index (Phi) is 5.80. The minimum Gasteiger partial charge on any atom is -0.393 e. The van der Waals surface area contributed by atoms with Crippen LogP contribution >= 0.6 is 0 Å². The highest BCUT2D eigenvalue weighted by atomic mass is 16.3. The average molecular weight is 289 g/mol. The van der Waals surface area contributed by atoms with Crippen LogP contribution in [0.15, 0.2) is 24.3 Å². The number of amides is 1. The molecule has 0 aromatic heterocycles. The Labute approximate surface area is 127 Å². The molecule has 2 rings (SSSR count). The Morgan fingerprint density at radius 1 is 1.33 bits per heavy atom. The second-order valence-corrected chi connectivity index (χ2v) is 6.52. The van der Waals surface area contributed by atoms with E-state index >= 15 is 0 Å². The van der Waals surface area contributed by atoms with Crippen molar-refractivity contribution in [3.8, 4) is 0 Å². The maximum absolute atomic E-state index is 12.2. The summed E-state index contributed by atoms with van der Waals surface area (Å²) in [5.41, 5.74) is 2.45. The number of benzene rings is 1. The van der Waals surface area contributed by atoms with Crippen molar-refractivity contribution in [2.24, 2.45) is 11.8 Å². The zero-order valence-corrected chi connectivity index (χ0v) is 13.1. The van der Waals surface area contributed by atoms with Crippen LogP contribution in [0.5, 0.6) is 0 Å². The lowest BCUT2D eigenvalue weighted by molar-refractivity contribution is -0.124. The molecular weight excluding hydrogens is 262 g/mol. The van der Waals surface area contributed by atoms with Crippen LogP contribution < -0.4 is 5.32 Å². The molecule has 3 unspecified atom stereocenters. The van der Waals surface area contributed by atoms with Crippen molar-refractivity contribution < 1.29 is 9.90 Å². The van der Waals surface area contributed by atoms with E-state index in [9.17, 15) is 9.90 Å². The molecule has 116 valence electrons. The summed E-state index contributed by atoms with van der Waals surface area (Å²) in [4.78, 5) is 12.2. The third-order valence-corrected chi connectivity index (χ3v) is 4.43. The van der Waals surface area contributed by atoms with Crippen molar-refractivity contribution in [1.29, 1.82) is 0 Å². The van der Waals surface area contributed by atoms with E-state index in [1.54, 1.807) is 0 Å². The topological polar surface area (TPSA) is 49.3 Å². The second-order valence-electron chi connectivity index (χ2n) is 6.52. The Hall–Kier alpha value is -1.35. The van der Waals surface area contributed by atoms with E-state index in [4.69, 9.17) is 0 Å². The number of hydrogen-bond donors (Lipinski definition) is 2. The Morgan fingerprint density at radius 3 is 2.71 bits per heavy atom. The number of carbonyl (C=O) groups excluding carboxylic acids is 1. The van der Waals surface area contributed by atoms with Gasteiger partial charge in [-0.2, -0.15) is 0 Å². The van der Waals surface area contributed by atoms with E-state index in [1.807, 2.05) is 6.92 Å². The molecule has 3 heteroatoms. The molecule has 1 aromatic rings. The van der Waals surface area contributed by atoms with Gasteiger partial charge in [-0.05, 0) is 44.1 Å². The Bertz CT molecular complexity index is 455. The van der Waals surface area contributed by atoms with Gasteiger partial charge in [0.2, 0.25) is 5.91 Å². The van der Waals surface area contributed by atoms with Crippen LogP contribution in [-0.4, -0.2) is 23.7 Å². The fourth-order valence-corrected chi connectivity index (χ4v) is 3.04. The number of hydrogen-bond acceptors (Lipinski definition) is 2.